The number of nitrogens with zero attached hydrogens (tertiary/aromatic N) is 3. The van der Waals surface area contributed by atoms with Crippen molar-refractivity contribution < 1.29 is 10.2 Å². The summed E-state index contributed by atoms with van der Waals surface area (Å²) in [5, 5.41) is 13.2. The summed E-state index contributed by atoms with van der Waals surface area (Å²) >= 11 is 0. The molecule has 1 aliphatic rings. The Morgan fingerprint density at radius 2 is 1.77 bits per heavy atom. The van der Waals surface area contributed by atoms with Crippen LogP contribution in [0.15, 0.2) is 65.5 Å². The van der Waals surface area contributed by atoms with Crippen molar-refractivity contribution in [1.82, 2.24) is 20.0 Å². The number of benzene rings is 2. The highest BCUT2D eigenvalue weighted by Crippen LogP contribution is 2.17. The average molecular weight is 474 g/mol. The van der Waals surface area contributed by atoms with Gasteiger partial charge in [0, 0.05) is 23.7 Å². The van der Waals surface area contributed by atoms with Crippen LogP contribution in [0, 0.1) is 0 Å². The van der Waals surface area contributed by atoms with E-state index in [1.807, 2.05) is 36.4 Å². The normalized spacial score (nSPS) is 13.9. The van der Waals surface area contributed by atoms with Gasteiger partial charge in [-0.2, -0.15) is 5.10 Å². The summed E-state index contributed by atoms with van der Waals surface area (Å²) in [6.45, 7) is 4.33. The SMILES string of the molecule is NC(=[NH2+])c1cccc(Cn2nc(-c3ccc(C(=O)NCCCN4CCCCC4)cc3)ccc2=O)c1. The van der Waals surface area contributed by atoms with Crippen LogP contribution in [-0.4, -0.2) is 52.6 Å². The smallest absolute Gasteiger partial charge is 0.270 e. The third kappa shape index (κ3) is 6.64. The van der Waals surface area contributed by atoms with E-state index in [4.69, 9.17) is 11.1 Å². The number of piperidine rings is 1. The Morgan fingerprint density at radius 3 is 2.51 bits per heavy atom. The second-order valence-electron chi connectivity index (χ2n) is 8.96. The van der Waals surface area contributed by atoms with Gasteiger partial charge in [-0.3, -0.25) is 20.7 Å². The van der Waals surface area contributed by atoms with E-state index in [9.17, 15) is 9.59 Å². The Bertz CT molecular complexity index is 1230. The van der Waals surface area contributed by atoms with E-state index < -0.39 is 0 Å². The van der Waals surface area contributed by atoms with Crippen LogP contribution in [0.2, 0.25) is 0 Å². The summed E-state index contributed by atoms with van der Waals surface area (Å²) in [6.07, 6.45) is 4.84. The van der Waals surface area contributed by atoms with Gasteiger partial charge in [-0.25, -0.2) is 4.68 Å². The maximum atomic E-state index is 12.5. The molecule has 8 nitrogen and oxygen atoms in total. The molecule has 8 heteroatoms. The van der Waals surface area contributed by atoms with Gasteiger partial charge in [-0.1, -0.05) is 30.7 Å². The lowest BCUT2D eigenvalue weighted by atomic mass is 10.1. The average Bonchev–Trinajstić information content (AvgIpc) is 2.88. The van der Waals surface area contributed by atoms with Crippen molar-refractivity contribution in [3.63, 3.8) is 0 Å². The first-order valence-corrected chi connectivity index (χ1v) is 12.2. The zero-order valence-corrected chi connectivity index (χ0v) is 20.0. The number of hydrogen-bond donors (Lipinski definition) is 3. The largest absolute Gasteiger partial charge is 0.352 e. The first-order chi connectivity index (χ1) is 17.0. The van der Waals surface area contributed by atoms with E-state index in [1.165, 1.54) is 43.1 Å². The maximum Gasteiger partial charge on any atom is 0.270 e. The molecule has 1 fully saturated rings. The van der Waals surface area contributed by atoms with Gasteiger partial charge >= 0.3 is 0 Å². The molecule has 0 atom stereocenters. The topological polar surface area (TPSA) is 119 Å². The predicted molar refractivity (Wildman–Crippen MR) is 137 cm³/mol. The molecule has 0 radical (unpaired) electrons. The van der Waals surface area contributed by atoms with Crippen LogP contribution in [-0.2, 0) is 6.54 Å². The number of rotatable bonds is 9. The van der Waals surface area contributed by atoms with Crippen molar-refractivity contribution in [2.24, 2.45) is 5.73 Å². The van der Waals surface area contributed by atoms with Crippen molar-refractivity contribution in [1.29, 1.82) is 0 Å². The van der Waals surface area contributed by atoms with Gasteiger partial charge in [0.1, 0.15) is 0 Å². The molecule has 0 aliphatic carbocycles. The van der Waals surface area contributed by atoms with Gasteiger partial charge in [0.15, 0.2) is 0 Å². The molecule has 0 bridgehead atoms. The molecule has 1 aliphatic heterocycles. The highest BCUT2D eigenvalue weighted by Gasteiger charge is 2.11. The monoisotopic (exact) mass is 473 g/mol. The molecular weight excluding hydrogens is 440 g/mol. The van der Waals surface area contributed by atoms with Crippen LogP contribution in [0.25, 0.3) is 11.3 Å². The summed E-state index contributed by atoms with van der Waals surface area (Å²) in [5.74, 6) is 0.149. The summed E-state index contributed by atoms with van der Waals surface area (Å²) in [7, 11) is 0. The number of hydrogen-bond acceptors (Lipinski definition) is 4. The number of carbonyl (C=O) groups excluding carboxylic acids is 1. The Hall–Kier alpha value is -3.78. The van der Waals surface area contributed by atoms with Crippen molar-refractivity contribution in [3.8, 4) is 11.3 Å². The van der Waals surface area contributed by atoms with E-state index >= 15 is 0 Å². The number of nitrogens with two attached hydrogens (primary N) is 2. The molecule has 182 valence electrons. The fraction of sp³-hybridized carbons (Fsp3) is 0.333. The number of nitrogens with one attached hydrogen (secondary N) is 1. The molecule has 4 rings (SSSR count). The predicted octanol–water partition coefficient (Wildman–Crippen LogP) is 1.03. The third-order valence-electron chi connectivity index (χ3n) is 6.29. The van der Waals surface area contributed by atoms with Crippen LogP contribution < -0.4 is 22.0 Å². The molecule has 3 aromatic rings. The minimum absolute atomic E-state index is 0.0796. The Morgan fingerprint density at radius 1 is 1.00 bits per heavy atom. The highest BCUT2D eigenvalue weighted by molar-refractivity contribution is 5.94. The molecule has 0 saturated carbocycles. The Kier molecular flexibility index (Phi) is 8.05. The maximum absolute atomic E-state index is 12.5. The summed E-state index contributed by atoms with van der Waals surface area (Å²) in [6, 6.07) is 17.9. The minimum Gasteiger partial charge on any atom is -0.352 e. The lowest BCUT2D eigenvalue weighted by Crippen LogP contribution is -2.46. The van der Waals surface area contributed by atoms with Crippen LogP contribution in [0.4, 0.5) is 0 Å². The molecule has 2 aromatic carbocycles. The molecule has 35 heavy (non-hydrogen) atoms. The van der Waals surface area contributed by atoms with Gasteiger partial charge in [-0.15, -0.1) is 0 Å². The number of amidine groups is 1. The van der Waals surface area contributed by atoms with Gasteiger partial charge in [0.2, 0.25) is 0 Å². The fourth-order valence-corrected chi connectivity index (χ4v) is 4.32. The van der Waals surface area contributed by atoms with Crippen LogP contribution in [0.5, 0.6) is 0 Å². The molecular formula is C27H33N6O2+. The van der Waals surface area contributed by atoms with E-state index in [0.717, 1.165) is 24.1 Å². The van der Waals surface area contributed by atoms with E-state index in [1.54, 1.807) is 18.2 Å². The molecule has 1 aromatic heterocycles. The zero-order chi connectivity index (χ0) is 24.6. The number of carbonyl (C=O) groups is 1. The number of amides is 1. The Labute approximate surface area is 205 Å². The standard InChI is InChI=1S/C27H32N6O2/c28-26(29)23-7-4-6-20(18-23)19-33-25(34)13-12-24(31-33)21-8-10-22(11-9-21)27(35)30-14-5-17-32-15-2-1-3-16-32/h4,6-13,18H,1-3,5,14-17,19H2,(H3,28,29)(H,30,35)/p+1. The number of aromatic nitrogens is 2. The molecule has 0 unspecified atom stereocenters. The van der Waals surface area contributed by atoms with Gasteiger partial charge in [0.05, 0.1) is 17.8 Å². The first-order valence-electron chi connectivity index (χ1n) is 12.2. The molecule has 0 spiro atoms. The molecule has 2 heterocycles. The van der Waals surface area contributed by atoms with Crippen LogP contribution in [0.1, 0.15) is 47.2 Å². The lowest BCUT2D eigenvalue weighted by molar-refractivity contribution is -0.114. The van der Waals surface area contributed by atoms with Crippen molar-refractivity contribution in [2.45, 2.75) is 32.2 Å². The first kappa shape index (κ1) is 24.3. The third-order valence-corrected chi connectivity index (χ3v) is 6.29. The van der Waals surface area contributed by atoms with E-state index in [0.29, 0.717) is 29.9 Å². The molecule has 1 amide bonds. The summed E-state index contributed by atoms with van der Waals surface area (Å²) < 4.78 is 1.41. The second-order valence-corrected chi connectivity index (χ2v) is 8.96. The molecule has 1 saturated heterocycles. The lowest BCUT2D eigenvalue weighted by Gasteiger charge is -2.26. The van der Waals surface area contributed by atoms with Gasteiger partial charge < -0.3 is 10.2 Å². The summed E-state index contributed by atoms with van der Waals surface area (Å²) in [4.78, 5) is 27.4. The van der Waals surface area contributed by atoms with Crippen molar-refractivity contribution >= 4 is 11.7 Å². The molecule has 5 N–H and O–H groups in total. The van der Waals surface area contributed by atoms with Crippen LogP contribution in [0.3, 0.4) is 0 Å². The minimum atomic E-state index is -0.204. The number of likely N-dealkylation sites (tertiary alicyclic amines) is 1. The Balaban J connectivity index is 1.37. The van der Waals surface area contributed by atoms with Crippen LogP contribution >= 0.6 is 0 Å². The fourth-order valence-electron chi connectivity index (χ4n) is 4.32. The van der Waals surface area contributed by atoms with Crippen molar-refractivity contribution in [2.75, 3.05) is 26.2 Å². The second kappa shape index (κ2) is 11.6. The summed E-state index contributed by atoms with van der Waals surface area (Å²) in [5.41, 5.74) is 9.15. The van der Waals surface area contributed by atoms with Gasteiger partial charge in [-0.05, 0) is 74.8 Å². The zero-order valence-electron chi connectivity index (χ0n) is 20.0. The van der Waals surface area contributed by atoms with Crippen molar-refractivity contribution in [3.05, 3.63) is 87.7 Å². The van der Waals surface area contributed by atoms with E-state index in [2.05, 4.69) is 15.3 Å². The quantitative estimate of drug-likeness (QED) is 0.244. The van der Waals surface area contributed by atoms with E-state index in [-0.39, 0.29) is 17.3 Å². The highest BCUT2D eigenvalue weighted by atomic mass is 16.1. The van der Waals surface area contributed by atoms with Gasteiger partial charge in [0.25, 0.3) is 17.3 Å².